The maximum Gasteiger partial charge on any atom is 0.252 e. The van der Waals surface area contributed by atoms with Crippen LogP contribution in [0.3, 0.4) is 0 Å². The summed E-state index contributed by atoms with van der Waals surface area (Å²) in [6.07, 6.45) is 2.09. The van der Waals surface area contributed by atoms with Crippen molar-refractivity contribution in [2.45, 2.75) is 39.0 Å². The van der Waals surface area contributed by atoms with Gasteiger partial charge in [-0.2, -0.15) is 0 Å². The molecule has 1 aromatic heterocycles. The smallest absolute Gasteiger partial charge is 0.252 e. The van der Waals surface area contributed by atoms with Gasteiger partial charge in [0, 0.05) is 42.2 Å². The predicted molar refractivity (Wildman–Crippen MR) is 127 cm³/mol. The molecule has 1 N–H and O–H groups in total. The third-order valence-electron chi connectivity index (χ3n) is 6.41. The highest BCUT2D eigenvalue weighted by atomic mass is 35.5. The van der Waals surface area contributed by atoms with Crippen LogP contribution in [0.1, 0.15) is 24.0 Å². The first-order valence-electron chi connectivity index (χ1n) is 11.2. The zero-order chi connectivity index (χ0) is 22.1. The quantitative estimate of drug-likeness (QED) is 0.634. The fraction of sp³-hybridized carbons (Fsp3) is 0.400. The van der Waals surface area contributed by atoms with Gasteiger partial charge in [-0.25, -0.2) is 0 Å². The number of piperidine rings is 1. The lowest BCUT2D eigenvalue weighted by Crippen LogP contribution is -2.44. The third kappa shape index (κ3) is 4.49. The van der Waals surface area contributed by atoms with Crippen LogP contribution in [0.25, 0.3) is 10.9 Å². The maximum absolute atomic E-state index is 12.7. The summed E-state index contributed by atoms with van der Waals surface area (Å²) in [5, 5.41) is 5.40. The molecule has 3 aromatic rings. The van der Waals surface area contributed by atoms with Gasteiger partial charge in [-0.3, -0.25) is 14.3 Å². The van der Waals surface area contributed by atoms with Crippen molar-refractivity contribution < 1.29 is 9.47 Å². The van der Waals surface area contributed by atoms with E-state index < -0.39 is 0 Å². The average Bonchev–Trinajstić information content (AvgIpc) is 2.81. The minimum atomic E-state index is 0.0242. The molecule has 0 unspecified atom stereocenters. The molecule has 1 fully saturated rings. The highest BCUT2D eigenvalue weighted by molar-refractivity contribution is 6.31. The Morgan fingerprint density at radius 3 is 2.62 bits per heavy atom. The normalized spacial score (nSPS) is 17.1. The molecule has 2 aromatic carbocycles. The van der Waals surface area contributed by atoms with Gasteiger partial charge < -0.3 is 14.8 Å². The Labute approximate surface area is 192 Å². The van der Waals surface area contributed by atoms with Gasteiger partial charge in [-0.1, -0.05) is 23.7 Å². The second-order valence-corrected chi connectivity index (χ2v) is 9.08. The molecule has 2 aliphatic rings. The lowest BCUT2D eigenvalue weighted by Gasteiger charge is -2.33. The minimum Gasteiger partial charge on any atom is -0.486 e. The fourth-order valence-electron chi connectivity index (χ4n) is 4.61. The zero-order valence-corrected chi connectivity index (χ0v) is 19.0. The number of halogens is 1. The van der Waals surface area contributed by atoms with E-state index in [1.807, 2.05) is 35.8 Å². The molecule has 1 saturated heterocycles. The molecule has 0 aliphatic carbocycles. The minimum absolute atomic E-state index is 0.0242. The van der Waals surface area contributed by atoms with E-state index in [0.29, 0.717) is 30.9 Å². The summed E-state index contributed by atoms with van der Waals surface area (Å²) in [6, 6.07) is 14.1. The number of aromatic nitrogens is 1. The van der Waals surface area contributed by atoms with Crippen molar-refractivity contribution in [1.29, 1.82) is 0 Å². The van der Waals surface area contributed by atoms with Crippen LogP contribution in [0.4, 0.5) is 0 Å². The molecule has 2 aliphatic heterocycles. The molecule has 0 atom stereocenters. The first kappa shape index (κ1) is 21.3. The number of fused-ring (bicyclic) bond motifs is 2. The standard InChI is InChI=1S/C25H28ClN3O3/c1-17-12-25(30)29(22-14-19(26)3-4-21(17)22)16-28-8-6-20(7-9-28)27-15-18-2-5-23-24(13-18)32-11-10-31-23/h2-5,12-14,20,27H,6-11,15-16H2,1H3. The zero-order valence-electron chi connectivity index (χ0n) is 18.3. The topological polar surface area (TPSA) is 55.7 Å². The molecule has 32 heavy (non-hydrogen) atoms. The average molecular weight is 454 g/mol. The summed E-state index contributed by atoms with van der Waals surface area (Å²) < 4.78 is 13.1. The van der Waals surface area contributed by atoms with Crippen LogP contribution in [0.2, 0.25) is 5.02 Å². The van der Waals surface area contributed by atoms with Gasteiger partial charge in [-0.15, -0.1) is 0 Å². The van der Waals surface area contributed by atoms with Crippen molar-refractivity contribution in [3.8, 4) is 11.5 Å². The van der Waals surface area contributed by atoms with E-state index in [1.165, 1.54) is 5.56 Å². The number of nitrogens with zero attached hydrogens (tertiary/aromatic N) is 2. The van der Waals surface area contributed by atoms with Crippen molar-refractivity contribution in [3.63, 3.8) is 0 Å². The van der Waals surface area contributed by atoms with E-state index in [-0.39, 0.29) is 5.56 Å². The number of aryl methyl sites for hydroxylation is 1. The second kappa shape index (κ2) is 9.14. The van der Waals surface area contributed by atoms with Gasteiger partial charge in [0.25, 0.3) is 5.56 Å². The number of rotatable bonds is 5. The van der Waals surface area contributed by atoms with Gasteiger partial charge in [-0.05, 0) is 55.2 Å². The van der Waals surface area contributed by atoms with Gasteiger partial charge in [0.05, 0.1) is 12.2 Å². The first-order valence-corrected chi connectivity index (χ1v) is 11.6. The first-order chi connectivity index (χ1) is 15.6. The van der Waals surface area contributed by atoms with Crippen LogP contribution in [0, 0.1) is 6.92 Å². The molecular formula is C25H28ClN3O3. The van der Waals surface area contributed by atoms with Crippen LogP contribution < -0.4 is 20.3 Å². The molecule has 0 amide bonds. The molecule has 0 radical (unpaired) electrons. The Morgan fingerprint density at radius 2 is 1.81 bits per heavy atom. The summed E-state index contributed by atoms with van der Waals surface area (Å²) in [5.41, 5.74) is 3.11. The van der Waals surface area contributed by atoms with Crippen molar-refractivity contribution in [3.05, 3.63) is 69.0 Å². The summed E-state index contributed by atoms with van der Waals surface area (Å²) >= 11 is 6.23. The number of likely N-dealkylation sites (tertiary alicyclic amines) is 1. The van der Waals surface area contributed by atoms with Crippen LogP contribution in [-0.2, 0) is 13.2 Å². The monoisotopic (exact) mass is 453 g/mol. The van der Waals surface area contributed by atoms with Crippen molar-refractivity contribution in [2.75, 3.05) is 26.3 Å². The fourth-order valence-corrected chi connectivity index (χ4v) is 4.77. The molecule has 7 heteroatoms. The number of ether oxygens (including phenoxy) is 2. The Bertz CT molecular complexity index is 1190. The molecule has 5 rings (SSSR count). The van der Waals surface area contributed by atoms with E-state index in [4.69, 9.17) is 21.1 Å². The van der Waals surface area contributed by atoms with E-state index in [9.17, 15) is 4.79 Å². The summed E-state index contributed by atoms with van der Waals surface area (Å²) in [6.45, 7) is 6.48. The SMILES string of the molecule is Cc1cc(=O)n(CN2CCC(NCc3ccc4c(c3)OCCO4)CC2)c2cc(Cl)ccc12. The molecule has 0 bridgehead atoms. The lowest BCUT2D eigenvalue weighted by molar-refractivity contribution is 0.159. The van der Waals surface area contributed by atoms with Crippen LogP contribution >= 0.6 is 11.6 Å². The Hall–Kier alpha value is -2.54. The summed E-state index contributed by atoms with van der Waals surface area (Å²) in [5.74, 6) is 1.66. The molecular weight excluding hydrogens is 426 g/mol. The van der Waals surface area contributed by atoms with Gasteiger partial charge in [0.15, 0.2) is 11.5 Å². The number of nitrogens with one attached hydrogen (secondary N) is 1. The van der Waals surface area contributed by atoms with E-state index >= 15 is 0 Å². The second-order valence-electron chi connectivity index (χ2n) is 8.65. The Morgan fingerprint density at radius 1 is 1.03 bits per heavy atom. The van der Waals surface area contributed by atoms with Gasteiger partial charge in [0.2, 0.25) is 0 Å². The van der Waals surface area contributed by atoms with Crippen LogP contribution in [0.5, 0.6) is 11.5 Å². The Balaban J connectivity index is 1.20. The predicted octanol–water partition coefficient (Wildman–Crippen LogP) is 3.95. The van der Waals surface area contributed by atoms with Gasteiger partial charge in [0.1, 0.15) is 13.2 Å². The van der Waals surface area contributed by atoms with E-state index in [0.717, 1.165) is 60.4 Å². The number of hydrogen-bond acceptors (Lipinski definition) is 5. The number of hydrogen-bond donors (Lipinski definition) is 1. The van der Waals surface area contributed by atoms with E-state index in [2.05, 4.69) is 22.3 Å². The summed E-state index contributed by atoms with van der Waals surface area (Å²) in [7, 11) is 0. The third-order valence-corrected chi connectivity index (χ3v) is 6.65. The summed E-state index contributed by atoms with van der Waals surface area (Å²) in [4.78, 5) is 15.1. The Kier molecular flexibility index (Phi) is 6.09. The highest BCUT2D eigenvalue weighted by Gasteiger charge is 2.20. The lowest BCUT2D eigenvalue weighted by atomic mass is 10.0. The molecule has 0 saturated carbocycles. The van der Waals surface area contributed by atoms with Crippen molar-refractivity contribution >= 4 is 22.5 Å². The molecule has 0 spiro atoms. The highest BCUT2D eigenvalue weighted by Crippen LogP contribution is 2.30. The maximum atomic E-state index is 12.7. The molecule has 168 valence electrons. The molecule has 3 heterocycles. The van der Waals surface area contributed by atoms with E-state index in [1.54, 1.807) is 6.07 Å². The van der Waals surface area contributed by atoms with Crippen LogP contribution in [0.15, 0.2) is 47.3 Å². The van der Waals surface area contributed by atoms with Crippen molar-refractivity contribution in [2.24, 2.45) is 0 Å². The number of benzene rings is 2. The van der Waals surface area contributed by atoms with Gasteiger partial charge >= 0.3 is 0 Å². The number of pyridine rings is 1. The van der Waals surface area contributed by atoms with Crippen LogP contribution in [-0.4, -0.2) is 41.8 Å². The molecule has 6 nitrogen and oxygen atoms in total. The van der Waals surface area contributed by atoms with Crippen molar-refractivity contribution in [1.82, 2.24) is 14.8 Å². The largest absolute Gasteiger partial charge is 0.486 e.